The molecule has 3 aromatic rings. The van der Waals surface area contributed by atoms with Gasteiger partial charge in [0.15, 0.2) is 5.16 Å². The van der Waals surface area contributed by atoms with Crippen molar-refractivity contribution in [1.82, 2.24) is 15.0 Å². The Morgan fingerprint density at radius 3 is 2.90 bits per heavy atom. The lowest BCUT2D eigenvalue weighted by molar-refractivity contribution is -0.113. The van der Waals surface area contributed by atoms with E-state index >= 15 is 0 Å². The Balaban J connectivity index is 1.60. The van der Waals surface area contributed by atoms with Gasteiger partial charge in [-0.2, -0.15) is 4.98 Å². The zero-order valence-electron chi connectivity index (χ0n) is 16.2. The predicted octanol–water partition coefficient (Wildman–Crippen LogP) is 3.19. The van der Waals surface area contributed by atoms with Crippen molar-refractivity contribution in [2.75, 3.05) is 23.4 Å². The third kappa shape index (κ3) is 4.14. The first-order chi connectivity index (χ1) is 14.6. The van der Waals surface area contributed by atoms with Crippen molar-refractivity contribution in [1.29, 1.82) is 0 Å². The van der Waals surface area contributed by atoms with Gasteiger partial charge in [-0.15, -0.1) is 11.3 Å². The van der Waals surface area contributed by atoms with Crippen LogP contribution in [0.1, 0.15) is 28.4 Å². The summed E-state index contributed by atoms with van der Waals surface area (Å²) < 4.78 is 5.28. The summed E-state index contributed by atoms with van der Waals surface area (Å²) in [4.78, 5) is 38.0. The fraction of sp³-hybridized carbons (Fsp3) is 0.250. The van der Waals surface area contributed by atoms with Crippen LogP contribution in [0.15, 0.2) is 35.7 Å². The number of rotatable bonds is 6. The lowest BCUT2D eigenvalue weighted by Gasteiger charge is -2.16. The summed E-state index contributed by atoms with van der Waals surface area (Å²) in [5.74, 6) is -0.508. The number of benzene rings is 1. The van der Waals surface area contributed by atoms with Gasteiger partial charge in [0, 0.05) is 4.88 Å². The third-order valence-corrected chi connectivity index (χ3v) is 6.59. The monoisotopic (exact) mass is 441 g/mol. The van der Waals surface area contributed by atoms with Crippen LogP contribution < -0.4 is 11.1 Å². The molecule has 0 bridgehead atoms. The number of aromatic nitrogens is 3. The van der Waals surface area contributed by atoms with Crippen molar-refractivity contribution in [3.8, 4) is 10.4 Å². The van der Waals surface area contributed by atoms with E-state index < -0.39 is 5.97 Å². The highest BCUT2D eigenvalue weighted by molar-refractivity contribution is 7.99. The number of esters is 1. The molecule has 0 fully saturated rings. The summed E-state index contributed by atoms with van der Waals surface area (Å²) in [6.45, 7) is 2.03. The molecule has 2 aromatic heterocycles. The van der Waals surface area contributed by atoms with Crippen molar-refractivity contribution in [2.24, 2.45) is 0 Å². The maximum absolute atomic E-state index is 12.7. The Bertz CT molecular complexity index is 1120. The van der Waals surface area contributed by atoms with E-state index in [-0.39, 0.29) is 24.2 Å². The number of nitrogens with zero attached hydrogens (tertiary/aromatic N) is 3. The number of carbonyl (C=O) groups is 2. The van der Waals surface area contributed by atoms with Crippen molar-refractivity contribution >= 4 is 45.9 Å². The highest BCUT2D eigenvalue weighted by Gasteiger charge is 2.29. The number of ether oxygens (including phenoxy) is 1. The number of anilines is 2. The van der Waals surface area contributed by atoms with Crippen LogP contribution in [0.2, 0.25) is 0 Å². The van der Waals surface area contributed by atoms with Gasteiger partial charge >= 0.3 is 5.97 Å². The molecule has 1 aliphatic rings. The molecule has 154 valence electrons. The van der Waals surface area contributed by atoms with Crippen LogP contribution in [-0.4, -0.2) is 39.2 Å². The molecule has 0 radical (unpaired) electrons. The van der Waals surface area contributed by atoms with E-state index in [0.29, 0.717) is 15.7 Å². The molecule has 0 atom stereocenters. The van der Waals surface area contributed by atoms with Crippen LogP contribution in [0.5, 0.6) is 0 Å². The van der Waals surface area contributed by atoms with Gasteiger partial charge in [-0.25, -0.2) is 14.8 Å². The molecule has 0 aliphatic heterocycles. The molecule has 3 N–H and O–H groups in total. The fourth-order valence-corrected chi connectivity index (χ4v) is 5.23. The van der Waals surface area contributed by atoms with Gasteiger partial charge in [0.25, 0.3) is 0 Å². The second-order valence-corrected chi connectivity index (χ2v) is 8.42. The van der Waals surface area contributed by atoms with E-state index in [4.69, 9.17) is 10.5 Å². The maximum atomic E-state index is 12.7. The molecule has 30 heavy (non-hydrogen) atoms. The molecule has 0 saturated carbocycles. The molecule has 0 saturated heterocycles. The number of thiophene rings is 1. The van der Waals surface area contributed by atoms with E-state index in [1.54, 1.807) is 6.92 Å². The van der Waals surface area contributed by atoms with Crippen LogP contribution in [-0.2, 0) is 22.4 Å². The molecule has 0 unspecified atom stereocenters. The van der Waals surface area contributed by atoms with Crippen molar-refractivity contribution < 1.29 is 14.3 Å². The summed E-state index contributed by atoms with van der Waals surface area (Å²) in [6.07, 6.45) is 2.87. The quantitative estimate of drug-likeness (QED) is 0.442. The minimum Gasteiger partial charge on any atom is -0.462 e. The standard InChI is InChI=1S/C20H19N5O3S2/c1-2-28-18(27)15-13-8-7-11-5-3-4-6-12(11)16(13)30-17(15)24-14(26)9-29-20-23-10-22-19(21)25-20/h3-6,10H,2,7-9H2,1H3,(H,24,26)(H2,21,22,23,25). The number of hydrogen-bond acceptors (Lipinski definition) is 9. The second-order valence-electron chi connectivity index (χ2n) is 6.45. The van der Waals surface area contributed by atoms with Crippen molar-refractivity contribution in [3.63, 3.8) is 0 Å². The summed E-state index contributed by atoms with van der Waals surface area (Å²) in [6, 6.07) is 8.13. The van der Waals surface area contributed by atoms with Gasteiger partial charge < -0.3 is 15.8 Å². The molecular weight excluding hydrogens is 422 g/mol. The molecule has 0 spiro atoms. The van der Waals surface area contributed by atoms with E-state index in [1.165, 1.54) is 23.2 Å². The van der Waals surface area contributed by atoms with Gasteiger partial charge in [0.1, 0.15) is 11.3 Å². The molecule has 1 aromatic carbocycles. The average molecular weight is 442 g/mol. The average Bonchev–Trinajstić information content (AvgIpc) is 3.11. The number of nitrogens with one attached hydrogen (secondary N) is 1. The predicted molar refractivity (Wildman–Crippen MR) is 117 cm³/mol. The molecular formula is C20H19N5O3S2. The van der Waals surface area contributed by atoms with Crippen LogP contribution in [0.3, 0.4) is 0 Å². The number of carbonyl (C=O) groups excluding carboxylic acids is 2. The summed E-state index contributed by atoms with van der Waals surface area (Å²) in [5.41, 5.74) is 9.27. The maximum Gasteiger partial charge on any atom is 0.341 e. The van der Waals surface area contributed by atoms with Gasteiger partial charge in [0.2, 0.25) is 11.9 Å². The Morgan fingerprint density at radius 1 is 1.27 bits per heavy atom. The van der Waals surface area contributed by atoms with E-state index in [1.807, 2.05) is 18.2 Å². The lowest BCUT2D eigenvalue weighted by Crippen LogP contribution is -2.17. The number of nitrogens with two attached hydrogens (primary N) is 1. The first-order valence-corrected chi connectivity index (χ1v) is 11.1. The molecule has 4 rings (SSSR count). The molecule has 1 aliphatic carbocycles. The van der Waals surface area contributed by atoms with E-state index in [9.17, 15) is 9.59 Å². The Hall–Kier alpha value is -2.98. The normalized spacial score (nSPS) is 12.0. The molecule has 1 amide bonds. The Morgan fingerprint density at radius 2 is 2.10 bits per heavy atom. The highest BCUT2D eigenvalue weighted by Crippen LogP contribution is 2.45. The van der Waals surface area contributed by atoms with Crippen LogP contribution in [0, 0.1) is 0 Å². The summed E-state index contributed by atoms with van der Waals surface area (Å²) in [7, 11) is 0. The number of fused-ring (bicyclic) bond motifs is 3. The van der Waals surface area contributed by atoms with Crippen molar-refractivity contribution in [2.45, 2.75) is 24.9 Å². The molecule has 2 heterocycles. The van der Waals surface area contributed by atoms with Crippen molar-refractivity contribution in [3.05, 3.63) is 47.3 Å². The number of thioether (sulfide) groups is 1. The van der Waals surface area contributed by atoms with Crippen LogP contribution >= 0.6 is 23.1 Å². The first-order valence-electron chi connectivity index (χ1n) is 9.35. The zero-order valence-corrected chi connectivity index (χ0v) is 17.8. The molecule has 10 heteroatoms. The Labute approximate surface area is 181 Å². The van der Waals surface area contributed by atoms with Gasteiger partial charge in [-0.05, 0) is 36.5 Å². The van der Waals surface area contributed by atoms with Gasteiger partial charge in [-0.3, -0.25) is 4.79 Å². The smallest absolute Gasteiger partial charge is 0.341 e. The van der Waals surface area contributed by atoms with Gasteiger partial charge in [0.05, 0.1) is 17.9 Å². The number of nitrogen functional groups attached to an aromatic ring is 1. The number of aryl methyl sites for hydroxylation is 1. The fourth-order valence-electron chi connectivity index (χ4n) is 3.30. The topological polar surface area (TPSA) is 120 Å². The minimum absolute atomic E-state index is 0.0743. The number of hydrogen-bond donors (Lipinski definition) is 2. The third-order valence-electron chi connectivity index (χ3n) is 4.55. The summed E-state index contributed by atoms with van der Waals surface area (Å²) >= 11 is 2.55. The highest BCUT2D eigenvalue weighted by atomic mass is 32.2. The SMILES string of the molecule is CCOC(=O)c1c(NC(=O)CSc2ncnc(N)n2)sc2c1CCc1ccccc1-2. The minimum atomic E-state index is -0.414. The number of amides is 1. The molecule has 8 nitrogen and oxygen atoms in total. The van der Waals surface area contributed by atoms with E-state index in [2.05, 4.69) is 26.3 Å². The lowest BCUT2D eigenvalue weighted by atomic mass is 9.89. The zero-order chi connectivity index (χ0) is 21.1. The van der Waals surface area contributed by atoms with Crippen LogP contribution in [0.25, 0.3) is 10.4 Å². The largest absolute Gasteiger partial charge is 0.462 e. The van der Waals surface area contributed by atoms with E-state index in [0.717, 1.165) is 40.6 Å². The Kier molecular flexibility index (Phi) is 5.96. The second kappa shape index (κ2) is 8.80. The van der Waals surface area contributed by atoms with Gasteiger partial charge in [-0.1, -0.05) is 36.0 Å². The van der Waals surface area contributed by atoms with Crippen LogP contribution in [0.4, 0.5) is 10.9 Å². The summed E-state index contributed by atoms with van der Waals surface area (Å²) in [5, 5.41) is 3.75. The first kappa shape index (κ1) is 20.3.